The number of fused-ring (bicyclic) bond motifs is 6. The Labute approximate surface area is 302 Å². The van der Waals surface area contributed by atoms with Crippen LogP contribution in [0.2, 0.25) is 0 Å². The number of amides is 4. The highest BCUT2D eigenvalue weighted by molar-refractivity contribution is 6.44. The summed E-state index contributed by atoms with van der Waals surface area (Å²) in [5, 5.41) is 10.4. The van der Waals surface area contributed by atoms with Crippen LogP contribution >= 0.6 is 0 Å². The Balaban J connectivity index is 1.52. The van der Waals surface area contributed by atoms with E-state index in [1.165, 1.54) is 54.6 Å². The number of anilines is 2. The summed E-state index contributed by atoms with van der Waals surface area (Å²) in [5.74, 6) is -3.64. The average molecular weight is 725 g/mol. The Hall–Kier alpha value is -7.88. The van der Waals surface area contributed by atoms with Crippen LogP contribution in [0.3, 0.4) is 0 Å². The topological polar surface area (TPSA) is 248 Å². The van der Waals surface area contributed by atoms with Crippen LogP contribution in [-0.2, 0) is 16.0 Å². The molecule has 0 radical (unpaired) electrons. The molecular weight excluding hydrogens is 696 g/mol. The van der Waals surface area contributed by atoms with Gasteiger partial charge >= 0.3 is 22.9 Å². The lowest BCUT2D eigenvalue weighted by atomic mass is 9.97. The molecule has 5 aromatic rings. The van der Waals surface area contributed by atoms with Crippen molar-refractivity contribution in [3.05, 3.63) is 167 Å². The first kappa shape index (κ1) is 34.6. The SMILES string of the molecule is O=C1Nc2ccccc2C(=O)NC2=Cc3[nH]c(=O)c4ccccc4[nH]c(=O)c(=O)[nH]c4ccccc4c(=O)[nH]c3CC2NC(=O)c2ccccc2NC1=O. The zero-order valence-electron chi connectivity index (χ0n) is 27.9. The van der Waals surface area contributed by atoms with Crippen molar-refractivity contribution in [2.45, 2.75) is 12.5 Å². The maximum Gasteiger partial charge on any atom is 0.314 e. The molecule has 16 nitrogen and oxygen atoms in total. The van der Waals surface area contributed by atoms with E-state index < -0.39 is 51.9 Å². The molecule has 1 unspecified atom stereocenters. The minimum Gasteiger partial charge on any atom is -0.343 e. The fourth-order valence-electron chi connectivity index (χ4n) is 5.95. The van der Waals surface area contributed by atoms with Gasteiger partial charge in [0.25, 0.3) is 22.9 Å². The fraction of sp³-hybridized carbons (Fsp3) is 0.0526. The van der Waals surface area contributed by atoms with Crippen molar-refractivity contribution in [3.63, 3.8) is 0 Å². The van der Waals surface area contributed by atoms with Gasteiger partial charge in [-0.15, -0.1) is 0 Å². The summed E-state index contributed by atoms with van der Waals surface area (Å²) in [7, 11) is 0. The van der Waals surface area contributed by atoms with Crippen LogP contribution in [0.5, 0.6) is 0 Å². The molecule has 0 saturated heterocycles. The van der Waals surface area contributed by atoms with E-state index in [0.29, 0.717) is 0 Å². The molecular formula is C38H28N8O8. The van der Waals surface area contributed by atoms with E-state index in [1.807, 2.05) is 0 Å². The van der Waals surface area contributed by atoms with Crippen LogP contribution in [-0.4, -0.2) is 49.6 Å². The van der Waals surface area contributed by atoms with Gasteiger partial charge in [-0.3, -0.25) is 38.4 Å². The second-order valence-electron chi connectivity index (χ2n) is 12.1. The maximum absolute atomic E-state index is 13.9. The predicted molar refractivity (Wildman–Crippen MR) is 200 cm³/mol. The Morgan fingerprint density at radius 1 is 0.444 bits per heavy atom. The number of nitrogens with one attached hydrogen (secondary N) is 8. The van der Waals surface area contributed by atoms with Gasteiger partial charge in [-0.1, -0.05) is 48.5 Å². The fourth-order valence-corrected chi connectivity index (χ4v) is 5.95. The first-order chi connectivity index (χ1) is 26.0. The molecule has 0 saturated carbocycles. The summed E-state index contributed by atoms with van der Waals surface area (Å²) < 4.78 is 0. The molecule has 16 heteroatoms. The van der Waals surface area contributed by atoms with Crippen molar-refractivity contribution in [2.75, 3.05) is 10.6 Å². The molecule has 4 amide bonds. The summed E-state index contributed by atoms with van der Waals surface area (Å²) in [6.45, 7) is 0. The first-order valence-corrected chi connectivity index (χ1v) is 16.4. The smallest absolute Gasteiger partial charge is 0.314 e. The molecule has 2 aliphatic rings. The number of hydrogen-bond donors (Lipinski definition) is 8. The first-order valence-electron chi connectivity index (χ1n) is 16.4. The average Bonchev–Trinajstić information content (AvgIpc) is 3.16. The van der Waals surface area contributed by atoms with Gasteiger partial charge in [0, 0.05) is 17.8 Å². The number of aromatic nitrogens is 4. The van der Waals surface area contributed by atoms with Gasteiger partial charge in [0.05, 0.1) is 56.0 Å². The molecule has 1 atom stereocenters. The van der Waals surface area contributed by atoms with Crippen LogP contribution in [0, 0.1) is 0 Å². The van der Waals surface area contributed by atoms with Gasteiger partial charge in [0.15, 0.2) is 0 Å². The highest BCUT2D eigenvalue weighted by atomic mass is 16.2. The zero-order chi connectivity index (χ0) is 37.9. The number of hydrogen-bond acceptors (Lipinski definition) is 8. The molecule has 0 fully saturated rings. The van der Waals surface area contributed by atoms with Crippen LogP contribution in [0.1, 0.15) is 32.1 Å². The Morgan fingerprint density at radius 2 is 0.926 bits per heavy atom. The Bertz CT molecular complexity index is 2850. The molecule has 1 aliphatic carbocycles. The number of carbonyl (C=O) groups excluding carboxylic acids is 4. The number of aromatic amines is 4. The third-order valence-corrected chi connectivity index (χ3v) is 8.58. The van der Waals surface area contributed by atoms with Crippen molar-refractivity contribution in [1.82, 2.24) is 30.6 Å². The molecule has 2 heterocycles. The van der Waals surface area contributed by atoms with Crippen LogP contribution in [0.25, 0.3) is 27.9 Å². The van der Waals surface area contributed by atoms with E-state index in [-0.39, 0.29) is 67.8 Å². The van der Waals surface area contributed by atoms with Crippen molar-refractivity contribution < 1.29 is 19.2 Å². The van der Waals surface area contributed by atoms with Crippen molar-refractivity contribution in [2.24, 2.45) is 0 Å². The molecule has 4 aromatic carbocycles. The van der Waals surface area contributed by atoms with Crippen molar-refractivity contribution in [3.8, 4) is 0 Å². The molecule has 0 bridgehead atoms. The minimum absolute atomic E-state index is 0.0102. The highest BCUT2D eigenvalue weighted by Crippen LogP contribution is 2.23. The lowest BCUT2D eigenvalue weighted by molar-refractivity contribution is -0.133. The number of carbonyl (C=O) groups is 4. The van der Waals surface area contributed by atoms with E-state index >= 15 is 0 Å². The number of benzene rings is 4. The second-order valence-corrected chi connectivity index (χ2v) is 12.1. The van der Waals surface area contributed by atoms with Gasteiger partial charge in [-0.2, -0.15) is 0 Å². The van der Waals surface area contributed by atoms with Crippen molar-refractivity contribution >= 4 is 62.9 Å². The summed E-state index contributed by atoms with van der Waals surface area (Å²) in [4.78, 5) is 117. The van der Waals surface area contributed by atoms with E-state index in [9.17, 15) is 38.4 Å². The molecule has 8 N–H and O–H groups in total. The third-order valence-electron chi connectivity index (χ3n) is 8.58. The maximum atomic E-state index is 13.9. The lowest BCUT2D eigenvalue weighted by Gasteiger charge is -2.27. The number of rotatable bonds is 0. The van der Waals surface area contributed by atoms with Crippen molar-refractivity contribution in [1.29, 1.82) is 0 Å². The van der Waals surface area contributed by atoms with Gasteiger partial charge in [0.2, 0.25) is 0 Å². The van der Waals surface area contributed by atoms with Crippen LogP contribution in [0.4, 0.5) is 11.4 Å². The van der Waals surface area contributed by atoms with Gasteiger partial charge in [0.1, 0.15) is 0 Å². The number of para-hydroxylation sites is 4. The zero-order valence-corrected chi connectivity index (χ0v) is 27.9. The van der Waals surface area contributed by atoms with E-state index in [2.05, 4.69) is 41.2 Å². The van der Waals surface area contributed by atoms with E-state index in [4.69, 9.17) is 0 Å². The summed E-state index contributed by atoms with van der Waals surface area (Å²) >= 11 is 0. The van der Waals surface area contributed by atoms with Crippen LogP contribution < -0.4 is 43.5 Å². The molecule has 54 heavy (non-hydrogen) atoms. The second kappa shape index (κ2) is 14.4. The monoisotopic (exact) mass is 724 g/mol. The summed E-state index contributed by atoms with van der Waals surface area (Å²) in [5.41, 5.74) is -3.48. The Morgan fingerprint density at radius 3 is 1.50 bits per heavy atom. The van der Waals surface area contributed by atoms with Crippen LogP contribution in [0.15, 0.2) is 122 Å². The van der Waals surface area contributed by atoms with Gasteiger partial charge in [-0.05, 0) is 54.6 Å². The molecule has 0 spiro atoms. The normalized spacial score (nSPS) is 15.2. The predicted octanol–water partition coefficient (Wildman–Crippen LogP) is 2.01. The summed E-state index contributed by atoms with van der Waals surface area (Å²) in [6.07, 6.45) is 1.15. The molecule has 1 aliphatic heterocycles. The molecule has 268 valence electrons. The van der Waals surface area contributed by atoms with E-state index in [1.54, 1.807) is 48.5 Å². The Kier molecular flexibility index (Phi) is 9.21. The number of H-pyrrole nitrogens is 4. The third kappa shape index (κ3) is 7.02. The molecule has 7 rings (SSSR count). The quantitative estimate of drug-likeness (QED) is 0.110. The molecule has 1 aromatic heterocycles. The standard InChI is InChI=1S/C38H28N8O8/c47-31-19-9-1-5-13-23(19)39-35(51)36(52)40-24-14-6-2-10-20(24)32(48)44-28-18-30-29(17-27(28)43-31)45-33(49)21-11-3-7-15-25(21)41-37(53)38(54)42-26-16-8-4-12-22(26)34(50)46-30/h1-17,28H,18H2,(H,39,51)(H,40,52)(H,41,53)(H,42,54)(H,43,47)(H,44,48)(H,45,49)(H,46,50). The van der Waals surface area contributed by atoms with Gasteiger partial charge in [-0.25, -0.2) is 0 Å². The van der Waals surface area contributed by atoms with Gasteiger partial charge < -0.3 is 41.2 Å². The largest absolute Gasteiger partial charge is 0.343 e. The lowest BCUT2D eigenvalue weighted by Crippen LogP contribution is -2.45. The minimum atomic E-state index is -1.10. The highest BCUT2D eigenvalue weighted by Gasteiger charge is 2.29. The van der Waals surface area contributed by atoms with E-state index in [0.717, 1.165) is 0 Å². The summed E-state index contributed by atoms with van der Waals surface area (Å²) in [6, 6.07) is 22.7.